The number of nitrogens with zero attached hydrogens (tertiary/aromatic N) is 5. The lowest BCUT2D eigenvalue weighted by Gasteiger charge is -2.24. The Morgan fingerprint density at radius 2 is 2.13 bits per heavy atom. The lowest BCUT2D eigenvalue weighted by Crippen LogP contribution is -2.35. The highest BCUT2D eigenvalue weighted by molar-refractivity contribution is 5.92. The molecule has 1 aliphatic carbocycles. The summed E-state index contributed by atoms with van der Waals surface area (Å²) in [5, 5.41) is 13.2. The molecule has 3 heterocycles. The number of hydrogen-bond acceptors (Lipinski definition) is 6. The van der Waals surface area contributed by atoms with Gasteiger partial charge in [0.05, 0.1) is 11.0 Å². The van der Waals surface area contributed by atoms with Crippen molar-refractivity contribution in [3.05, 3.63) is 77.2 Å². The molecule has 30 heavy (non-hydrogen) atoms. The van der Waals surface area contributed by atoms with E-state index >= 15 is 0 Å². The number of benzene rings is 1. The summed E-state index contributed by atoms with van der Waals surface area (Å²) in [6, 6.07) is 15.4. The molecule has 5 rings (SSSR count). The number of carbonyl (C=O) groups is 1. The first-order valence-corrected chi connectivity index (χ1v) is 10.2. The van der Waals surface area contributed by atoms with Gasteiger partial charge in [0.15, 0.2) is 5.82 Å². The lowest BCUT2D eigenvalue weighted by molar-refractivity contribution is 0.0769. The van der Waals surface area contributed by atoms with E-state index in [1.807, 2.05) is 41.3 Å². The minimum atomic E-state index is -0.274. The Balaban J connectivity index is 1.37. The molecule has 2 aliphatic rings. The number of aromatic nitrogens is 3. The van der Waals surface area contributed by atoms with Gasteiger partial charge in [0.2, 0.25) is 5.89 Å². The Labute approximate surface area is 174 Å². The van der Waals surface area contributed by atoms with E-state index in [9.17, 15) is 4.79 Å². The molecule has 1 saturated carbocycles. The van der Waals surface area contributed by atoms with E-state index in [-0.39, 0.29) is 11.3 Å². The predicted molar refractivity (Wildman–Crippen MR) is 107 cm³/mol. The van der Waals surface area contributed by atoms with Gasteiger partial charge in [-0.2, -0.15) is 10.2 Å². The maximum atomic E-state index is 13.0. The van der Waals surface area contributed by atoms with Gasteiger partial charge in [0.25, 0.3) is 5.91 Å². The summed E-state index contributed by atoms with van der Waals surface area (Å²) in [7, 11) is 0. The molecule has 2 atom stereocenters. The third kappa shape index (κ3) is 3.14. The molecular formula is C23H21N5O2. The molecule has 2 fully saturated rings. The first kappa shape index (κ1) is 18.5. The zero-order valence-corrected chi connectivity index (χ0v) is 16.5. The third-order valence-corrected chi connectivity index (χ3v) is 6.37. The largest absolute Gasteiger partial charge is 0.339 e. The molecule has 1 aliphatic heterocycles. The van der Waals surface area contributed by atoms with Crippen LogP contribution in [0.1, 0.15) is 52.6 Å². The molecule has 0 unspecified atom stereocenters. The molecule has 0 bridgehead atoms. The van der Waals surface area contributed by atoms with Gasteiger partial charge >= 0.3 is 0 Å². The fourth-order valence-electron chi connectivity index (χ4n) is 4.85. The number of nitriles is 1. The molecule has 7 nitrogen and oxygen atoms in total. The molecule has 150 valence electrons. The van der Waals surface area contributed by atoms with Crippen LogP contribution in [-0.2, 0) is 11.8 Å². The van der Waals surface area contributed by atoms with Crippen molar-refractivity contribution in [1.29, 1.82) is 5.26 Å². The van der Waals surface area contributed by atoms with Crippen molar-refractivity contribution in [2.45, 2.75) is 31.1 Å². The van der Waals surface area contributed by atoms with E-state index in [2.05, 4.69) is 10.1 Å². The van der Waals surface area contributed by atoms with Crippen LogP contribution in [0, 0.1) is 17.2 Å². The van der Waals surface area contributed by atoms with Crippen LogP contribution in [0.25, 0.3) is 0 Å². The Hall–Kier alpha value is -3.53. The summed E-state index contributed by atoms with van der Waals surface area (Å²) in [6.45, 7) is 1.22. The van der Waals surface area contributed by atoms with Gasteiger partial charge in [-0.25, -0.2) is 4.98 Å². The molecular weight excluding hydrogens is 378 g/mol. The van der Waals surface area contributed by atoms with E-state index in [4.69, 9.17) is 14.8 Å². The second kappa shape index (κ2) is 7.38. The van der Waals surface area contributed by atoms with Crippen molar-refractivity contribution in [2.75, 3.05) is 13.1 Å². The van der Waals surface area contributed by atoms with Crippen molar-refractivity contribution in [1.82, 2.24) is 20.0 Å². The number of likely N-dealkylation sites (tertiary alicyclic amines) is 1. The maximum Gasteiger partial charge on any atom is 0.272 e. The number of pyridine rings is 1. The number of fused-ring (bicyclic) bond motifs is 1. The van der Waals surface area contributed by atoms with Gasteiger partial charge in [-0.3, -0.25) is 4.79 Å². The van der Waals surface area contributed by atoms with Gasteiger partial charge in [0, 0.05) is 25.7 Å². The average Bonchev–Trinajstić information content (AvgIpc) is 3.48. The summed E-state index contributed by atoms with van der Waals surface area (Å²) in [4.78, 5) is 23.8. The Kier molecular flexibility index (Phi) is 4.55. The molecule has 0 spiro atoms. The summed E-state index contributed by atoms with van der Waals surface area (Å²) < 4.78 is 5.74. The molecule has 0 N–H and O–H groups in total. The van der Waals surface area contributed by atoms with Gasteiger partial charge < -0.3 is 9.42 Å². The van der Waals surface area contributed by atoms with Crippen molar-refractivity contribution >= 4 is 5.91 Å². The van der Waals surface area contributed by atoms with Crippen LogP contribution in [0.15, 0.2) is 53.2 Å². The van der Waals surface area contributed by atoms with Crippen molar-refractivity contribution in [2.24, 2.45) is 5.92 Å². The zero-order chi connectivity index (χ0) is 20.6. The molecule has 2 aromatic heterocycles. The lowest BCUT2D eigenvalue weighted by atomic mass is 9.80. The third-order valence-electron chi connectivity index (χ3n) is 6.37. The second-order valence-electron chi connectivity index (χ2n) is 8.15. The van der Waals surface area contributed by atoms with Crippen LogP contribution >= 0.6 is 0 Å². The van der Waals surface area contributed by atoms with Crippen LogP contribution in [0.4, 0.5) is 0 Å². The van der Waals surface area contributed by atoms with E-state index in [0.29, 0.717) is 48.4 Å². The minimum absolute atomic E-state index is 0.114. The topological polar surface area (TPSA) is 95.9 Å². The normalized spacial score (nSPS) is 22.6. The highest BCUT2D eigenvalue weighted by Gasteiger charge is 2.55. The van der Waals surface area contributed by atoms with Crippen LogP contribution < -0.4 is 0 Å². The molecule has 1 saturated heterocycles. The van der Waals surface area contributed by atoms with Crippen LogP contribution in [-0.4, -0.2) is 39.0 Å². The van der Waals surface area contributed by atoms with Gasteiger partial charge in [-0.05, 0) is 36.5 Å². The van der Waals surface area contributed by atoms with Crippen molar-refractivity contribution in [3.63, 3.8) is 0 Å². The number of amides is 1. The molecule has 0 radical (unpaired) electrons. The van der Waals surface area contributed by atoms with Gasteiger partial charge in [-0.1, -0.05) is 41.9 Å². The average molecular weight is 399 g/mol. The summed E-state index contributed by atoms with van der Waals surface area (Å²) >= 11 is 0. The highest BCUT2D eigenvalue weighted by Crippen LogP contribution is 2.50. The SMILES string of the molecule is N#Cc1ccc(C(=O)N2C[C@H]3CCC[C@@]3(c3nc(Cc4ccccc4)no3)C2)nc1. The molecule has 3 aromatic rings. The van der Waals surface area contributed by atoms with E-state index in [0.717, 1.165) is 24.8 Å². The second-order valence-corrected chi connectivity index (χ2v) is 8.15. The fraction of sp³-hybridized carbons (Fsp3) is 0.348. The molecule has 1 amide bonds. The smallest absolute Gasteiger partial charge is 0.272 e. The van der Waals surface area contributed by atoms with Gasteiger partial charge in [0.1, 0.15) is 11.8 Å². The standard InChI is InChI=1S/C23H21N5O2/c24-12-17-8-9-19(25-13-17)21(29)28-14-18-7-4-10-23(18,15-28)22-26-20(27-30-22)11-16-5-2-1-3-6-16/h1-3,5-6,8-9,13,18H,4,7,10-11,14-15H2/t18-,23-/m1/s1. The monoisotopic (exact) mass is 399 g/mol. The zero-order valence-electron chi connectivity index (χ0n) is 16.5. The predicted octanol–water partition coefficient (Wildman–Crippen LogP) is 3.12. The quantitative estimate of drug-likeness (QED) is 0.669. The van der Waals surface area contributed by atoms with Crippen LogP contribution in [0.5, 0.6) is 0 Å². The van der Waals surface area contributed by atoms with E-state index in [1.165, 1.54) is 6.20 Å². The summed E-state index contributed by atoms with van der Waals surface area (Å²) in [5.41, 5.74) is 1.67. The summed E-state index contributed by atoms with van der Waals surface area (Å²) in [6.07, 6.45) is 5.14. The summed E-state index contributed by atoms with van der Waals surface area (Å²) in [5.74, 6) is 1.52. The molecule has 7 heteroatoms. The maximum absolute atomic E-state index is 13.0. The first-order chi connectivity index (χ1) is 14.7. The highest BCUT2D eigenvalue weighted by atomic mass is 16.5. The Bertz CT molecular complexity index is 1100. The number of carbonyl (C=O) groups excluding carboxylic acids is 1. The Morgan fingerprint density at radius 1 is 1.27 bits per heavy atom. The van der Waals surface area contributed by atoms with Crippen LogP contribution in [0.2, 0.25) is 0 Å². The number of rotatable bonds is 4. The number of hydrogen-bond donors (Lipinski definition) is 0. The van der Waals surface area contributed by atoms with Gasteiger partial charge in [-0.15, -0.1) is 0 Å². The van der Waals surface area contributed by atoms with Crippen LogP contribution in [0.3, 0.4) is 0 Å². The minimum Gasteiger partial charge on any atom is -0.339 e. The fourth-order valence-corrected chi connectivity index (χ4v) is 4.85. The van der Waals surface area contributed by atoms with E-state index < -0.39 is 0 Å². The molecule has 1 aromatic carbocycles. The Morgan fingerprint density at radius 3 is 2.90 bits per heavy atom. The first-order valence-electron chi connectivity index (χ1n) is 10.2. The van der Waals surface area contributed by atoms with E-state index in [1.54, 1.807) is 12.1 Å². The van der Waals surface area contributed by atoms with Crippen molar-refractivity contribution < 1.29 is 9.32 Å². The van der Waals surface area contributed by atoms with Crippen molar-refractivity contribution in [3.8, 4) is 6.07 Å².